The molecular weight excluding hydrogens is 170 g/mol. The number of aromatic nitrogens is 1. The average molecular weight is 184 g/mol. The number of hydrogen-bond donors (Lipinski definition) is 2. The first-order chi connectivity index (χ1) is 6.06. The van der Waals surface area contributed by atoms with E-state index in [0.29, 0.717) is 0 Å². The van der Waals surface area contributed by atoms with Gasteiger partial charge in [0, 0.05) is 10.6 Å². The van der Waals surface area contributed by atoms with Crippen LogP contribution >= 0.6 is 0 Å². The molecule has 0 aliphatic carbocycles. The number of hydrogen-bond acceptors (Lipinski definition) is 3. The second-order valence-corrected chi connectivity index (χ2v) is 3.13. The molecular formula is C9H14NO3+. The highest BCUT2D eigenvalue weighted by Crippen LogP contribution is 2.24. The first-order valence-corrected chi connectivity index (χ1v) is 4.08. The molecule has 2 N–H and O–H groups in total. The summed E-state index contributed by atoms with van der Waals surface area (Å²) in [6.45, 7) is 3.95. The van der Waals surface area contributed by atoms with Crippen LogP contribution < -0.4 is 9.57 Å². The van der Waals surface area contributed by atoms with Crippen LogP contribution in [0.15, 0.2) is 12.3 Å². The van der Waals surface area contributed by atoms with E-state index < -0.39 is 0 Å². The summed E-state index contributed by atoms with van der Waals surface area (Å²) in [6, 6.07) is 1.49. The van der Waals surface area contributed by atoms with Crippen LogP contribution in [-0.2, 0) is 0 Å². The van der Waals surface area contributed by atoms with Gasteiger partial charge in [-0.1, -0.05) is 13.8 Å². The van der Waals surface area contributed by atoms with Crippen molar-refractivity contribution < 1.29 is 19.8 Å². The predicted molar refractivity (Wildman–Crippen MR) is 46.6 cm³/mol. The first-order valence-electron chi connectivity index (χ1n) is 4.08. The van der Waals surface area contributed by atoms with Gasteiger partial charge in [-0.2, -0.15) is 0 Å². The minimum atomic E-state index is -0.189. The lowest BCUT2D eigenvalue weighted by atomic mass is 10.1. The Balaban J connectivity index is 3.25. The minimum absolute atomic E-state index is 0.128. The average Bonchev–Trinajstić information content (AvgIpc) is 2.08. The molecule has 4 nitrogen and oxygen atoms in total. The lowest BCUT2D eigenvalue weighted by Gasteiger charge is -2.04. The lowest BCUT2D eigenvalue weighted by Crippen LogP contribution is -2.44. The van der Waals surface area contributed by atoms with Crippen LogP contribution in [0.3, 0.4) is 0 Å². The molecule has 1 aromatic heterocycles. The van der Waals surface area contributed by atoms with Gasteiger partial charge in [0.05, 0.1) is 6.07 Å². The van der Waals surface area contributed by atoms with E-state index in [4.69, 9.17) is 4.84 Å². The highest BCUT2D eigenvalue weighted by molar-refractivity contribution is 5.34. The zero-order chi connectivity index (χ0) is 10.0. The van der Waals surface area contributed by atoms with Crippen molar-refractivity contribution >= 4 is 0 Å². The molecule has 0 fully saturated rings. The summed E-state index contributed by atoms with van der Waals surface area (Å²) >= 11 is 0. The third kappa shape index (κ3) is 1.83. The summed E-state index contributed by atoms with van der Waals surface area (Å²) in [5, 5.41) is 18.4. The van der Waals surface area contributed by atoms with Gasteiger partial charge in [-0.25, -0.2) is 0 Å². The Hall–Kier alpha value is -1.45. The molecule has 0 spiro atoms. The summed E-state index contributed by atoms with van der Waals surface area (Å²) in [5.74, 6) is -0.102. The molecule has 0 aromatic carbocycles. The molecule has 0 radical (unpaired) electrons. The van der Waals surface area contributed by atoms with Crippen LogP contribution in [0.5, 0.6) is 11.5 Å². The Labute approximate surface area is 77.0 Å². The van der Waals surface area contributed by atoms with E-state index in [-0.39, 0.29) is 17.4 Å². The van der Waals surface area contributed by atoms with Crippen molar-refractivity contribution in [3.05, 3.63) is 18.0 Å². The van der Waals surface area contributed by atoms with Crippen molar-refractivity contribution in [3.8, 4) is 11.5 Å². The van der Waals surface area contributed by atoms with Crippen molar-refractivity contribution in [1.29, 1.82) is 0 Å². The van der Waals surface area contributed by atoms with Gasteiger partial charge in [0.1, 0.15) is 7.11 Å². The fourth-order valence-electron chi connectivity index (χ4n) is 1.11. The molecule has 0 amide bonds. The van der Waals surface area contributed by atoms with Crippen molar-refractivity contribution in [2.45, 2.75) is 19.8 Å². The van der Waals surface area contributed by atoms with Gasteiger partial charge in [-0.15, -0.1) is 0 Å². The van der Waals surface area contributed by atoms with Crippen LogP contribution in [0.2, 0.25) is 0 Å². The monoisotopic (exact) mass is 184 g/mol. The standard InChI is InChI=1S/C9H13NO3/c1-6(2)7-4-8(11)9(12)5-10(7)13-3/h4-6,12H,1-3H3/p+1. The van der Waals surface area contributed by atoms with Gasteiger partial charge >= 0.3 is 0 Å². The third-order valence-electron chi connectivity index (χ3n) is 1.83. The summed E-state index contributed by atoms with van der Waals surface area (Å²) in [5.41, 5.74) is 0.804. The molecule has 0 unspecified atom stereocenters. The molecule has 0 aliphatic heterocycles. The van der Waals surface area contributed by atoms with Gasteiger partial charge < -0.3 is 10.2 Å². The van der Waals surface area contributed by atoms with Gasteiger partial charge in [0.2, 0.25) is 11.4 Å². The van der Waals surface area contributed by atoms with E-state index in [1.54, 1.807) is 0 Å². The Morgan fingerprint density at radius 2 is 1.92 bits per heavy atom. The highest BCUT2D eigenvalue weighted by atomic mass is 16.6. The Morgan fingerprint density at radius 1 is 1.31 bits per heavy atom. The maximum Gasteiger partial charge on any atom is 0.268 e. The molecule has 0 bridgehead atoms. The normalized spacial score (nSPS) is 10.5. The maximum atomic E-state index is 9.25. The fourth-order valence-corrected chi connectivity index (χ4v) is 1.11. The molecule has 0 saturated carbocycles. The topological polar surface area (TPSA) is 53.6 Å². The molecule has 1 rings (SSSR count). The first kappa shape index (κ1) is 9.64. The van der Waals surface area contributed by atoms with E-state index in [9.17, 15) is 10.2 Å². The smallest absolute Gasteiger partial charge is 0.268 e. The Kier molecular flexibility index (Phi) is 2.60. The second-order valence-electron chi connectivity index (χ2n) is 3.13. The summed E-state index contributed by atoms with van der Waals surface area (Å²) in [4.78, 5) is 4.99. The Morgan fingerprint density at radius 3 is 2.38 bits per heavy atom. The van der Waals surface area contributed by atoms with E-state index in [1.807, 2.05) is 13.8 Å². The zero-order valence-electron chi connectivity index (χ0n) is 7.98. The number of rotatable bonds is 2. The predicted octanol–water partition coefficient (Wildman–Crippen LogP) is 0.567. The van der Waals surface area contributed by atoms with E-state index in [0.717, 1.165) is 5.69 Å². The third-order valence-corrected chi connectivity index (χ3v) is 1.83. The quantitative estimate of drug-likeness (QED) is 0.660. The van der Waals surface area contributed by atoms with Gasteiger partial charge in [0.25, 0.3) is 6.20 Å². The van der Waals surface area contributed by atoms with Crippen LogP contribution in [0, 0.1) is 0 Å². The second kappa shape index (κ2) is 3.51. The molecule has 1 aromatic rings. The highest BCUT2D eigenvalue weighted by Gasteiger charge is 2.19. The lowest BCUT2D eigenvalue weighted by molar-refractivity contribution is -0.891. The van der Waals surface area contributed by atoms with E-state index in [2.05, 4.69) is 0 Å². The molecule has 1 heterocycles. The van der Waals surface area contributed by atoms with Gasteiger partial charge in [-0.05, 0) is 0 Å². The van der Waals surface area contributed by atoms with Crippen LogP contribution in [0.25, 0.3) is 0 Å². The zero-order valence-corrected chi connectivity index (χ0v) is 7.98. The van der Waals surface area contributed by atoms with Crippen molar-refractivity contribution in [2.24, 2.45) is 0 Å². The van der Waals surface area contributed by atoms with Crippen LogP contribution in [0.4, 0.5) is 0 Å². The fraction of sp³-hybridized carbons (Fsp3) is 0.444. The largest absolute Gasteiger partial charge is 0.504 e. The Bertz CT molecular complexity index is 310. The summed E-state index contributed by atoms with van der Waals surface area (Å²) in [6.07, 6.45) is 1.34. The number of pyridine rings is 1. The molecule has 13 heavy (non-hydrogen) atoms. The van der Waals surface area contributed by atoms with Crippen molar-refractivity contribution in [3.63, 3.8) is 0 Å². The molecule has 0 saturated heterocycles. The molecule has 4 heteroatoms. The van der Waals surface area contributed by atoms with Crippen LogP contribution in [0.1, 0.15) is 25.5 Å². The van der Waals surface area contributed by atoms with E-state index in [1.165, 1.54) is 24.1 Å². The minimum Gasteiger partial charge on any atom is -0.504 e. The SMILES string of the molecule is CO[n+]1cc(O)c(O)cc1C(C)C. The maximum absolute atomic E-state index is 9.25. The summed E-state index contributed by atoms with van der Waals surface area (Å²) < 4.78 is 1.43. The van der Waals surface area contributed by atoms with Crippen molar-refractivity contribution in [2.75, 3.05) is 7.11 Å². The van der Waals surface area contributed by atoms with Crippen molar-refractivity contribution in [1.82, 2.24) is 0 Å². The molecule has 0 aliphatic rings. The number of nitrogens with zero attached hydrogens (tertiary/aromatic N) is 1. The van der Waals surface area contributed by atoms with E-state index >= 15 is 0 Å². The van der Waals surface area contributed by atoms with Gasteiger partial charge in [-0.3, -0.25) is 4.84 Å². The molecule has 72 valence electrons. The molecule has 0 atom stereocenters. The summed E-state index contributed by atoms with van der Waals surface area (Å²) in [7, 11) is 1.50. The van der Waals surface area contributed by atoms with Gasteiger partial charge in [0.15, 0.2) is 5.75 Å². The number of aromatic hydroxyl groups is 2. The van der Waals surface area contributed by atoms with Crippen LogP contribution in [-0.4, -0.2) is 17.3 Å².